The zero-order chi connectivity index (χ0) is 16.9. The maximum atomic E-state index is 13.1. The van der Waals surface area contributed by atoms with Crippen molar-refractivity contribution in [2.45, 2.75) is 38.6 Å². The quantitative estimate of drug-likeness (QED) is 0.882. The van der Waals surface area contributed by atoms with E-state index in [1.807, 2.05) is 54.6 Å². The van der Waals surface area contributed by atoms with Crippen LogP contribution >= 0.6 is 0 Å². The Morgan fingerprint density at radius 2 is 1.88 bits per heavy atom. The van der Waals surface area contributed by atoms with Gasteiger partial charge < -0.3 is 10.1 Å². The van der Waals surface area contributed by atoms with Crippen molar-refractivity contribution in [2.24, 2.45) is 5.92 Å². The fraction of sp³-hybridized carbons (Fsp3) is 0.381. The van der Waals surface area contributed by atoms with Crippen LogP contribution in [0, 0.1) is 5.92 Å². The summed E-state index contributed by atoms with van der Waals surface area (Å²) < 4.78 is 5.70. The van der Waals surface area contributed by atoms with Crippen LogP contribution in [-0.4, -0.2) is 12.5 Å². The number of carbonyl (C=O) groups excluding carboxylic acids is 1. The van der Waals surface area contributed by atoms with E-state index in [4.69, 9.17) is 4.74 Å². The first-order valence-electron chi connectivity index (χ1n) is 8.77. The number of carbonyl (C=O) groups is 1. The van der Waals surface area contributed by atoms with Crippen LogP contribution < -0.4 is 10.1 Å². The first-order valence-corrected chi connectivity index (χ1v) is 8.77. The molecular weight excluding hydrogens is 298 g/mol. The van der Waals surface area contributed by atoms with Crippen LogP contribution in [0.2, 0.25) is 0 Å². The molecule has 0 bridgehead atoms. The summed E-state index contributed by atoms with van der Waals surface area (Å²) in [6.45, 7) is 4.92. The molecule has 1 aliphatic rings. The molecule has 0 spiro atoms. The molecule has 24 heavy (non-hydrogen) atoms. The molecule has 3 unspecified atom stereocenters. The third kappa shape index (κ3) is 3.45. The first kappa shape index (κ1) is 16.6. The Morgan fingerprint density at radius 1 is 1.17 bits per heavy atom. The van der Waals surface area contributed by atoms with Crippen molar-refractivity contribution < 1.29 is 9.53 Å². The van der Waals surface area contributed by atoms with E-state index >= 15 is 0 Å². The molecular formula is C21H25NO2. The standard InChI is InChI=1S/C21H25NO2/c1-3-15(2)20(16-9-5-4-6-10-16)21(23)22-18-13-14-24-19-12-8-7-11-17(18)19/h4-12,15,18,20H,3,13-14H2,1-2H3,(H,22,23). The van der Waals surface area contributed by atoms with Gasteiger partial charge in [0.1, 0.15) is 5.75 Å². The summed E-state index contributed by atoms with van der Waals surface area (Å²) >= 11 is 0. The minimum absolute atomic E-state index is 0.0257. The molecule has 3 atom stereocenters. The second-order valence-electron chi connectivity index (χ2n) is 6.51. The van der Waals surface area contributed by atoms with Crippen molar-refractivity contribution in [2.75, 3.05) is 6.61 Å². The van der Waals surface area contributed by atoms with E-state index in [-0.39, 0.29) is 17.9 Å². The number of amides is 1. The van der Waals surface area contributed by atoms with E-state index < -0.39 is 0 Å². The second kappa shape index (κ2) is 7.52. The maximum absolute atomic E-state index is 13.1. The summed E-state index contributed by atoms with van der Waals surface area (Å²) in [7, 11) is 0. The van der Waals surface area contributed by atoms with Crippen molar-refractivity contribution in [3.8, 4) is 5.75 Å². The Hall–Kier alpha value is -2.29. The first-order chi connectivity index (χ1) is 11.7. The van der Waals surface area contributed by atoms with Gasteiger partial charge in [0.2, 0.25) is 5.91 Å². The zero-order valence-electron chi connectivity index (χ0n) is 14.4. The summed E-state index contributed by atoms with van der Waals surface area (Å²) in [4.78, 5) is 13.1. The molecule has 2 aromatic carbocycles. The number of hydrogen-bond acceptors (Lipinski definition) is 2. The molecule has 3 nitrogen and oxygen atoms in total. The van der Waals surface area contributed by atoms with Crippen molar-refractivity contribution in [3.63, 3.8) is 0 Å². The molecule has 0 saturated carbocycles. The molecule has 0 saturated heterocycles. The highest BCUT2D eigenvalue weighted by Crippen LogP contribution is 2.33. The van der Waals surface area contributed by atoms with Crippen LogP contribution in [0.4, 0.5) is 0 Å². The number of nitrogens with one attached hydrogen (secondary N) is 1. The van der Waals surface area contributed by atoms with Crippen LogP contribution in [0.5, 0.6) is 5.75 Å². The molecule has 1 aliphatic heterocycles. The third-order valence-electron chi connectivity index (χ3n) is 4.93. The van der Waals surface area contributed by atoms with Gasteiger partial charge in [0.15, 0.2) is 0 Å². The van der Waals surface area contributed by atoms with Gasteiger partial charge in [-0.05, 0) is 17.5 Å². The van der Waals surface area contributed by atoms with Crippen LogP contribution in [0.1, 0.15) is 49.8 Å². The largest absolute Gasteiger partial charge is 0.493 e. The number of rotatable bonds is 5. The van der Waals surface area contributed by atoms with Crippen LogP contribution in [0.25, 0.3) is 0 Å². The van der Waals surface area contributed by atoms with Crippen LogP contribution in [-0.2, 0) is 4.79 Å². The maximum Gasteiger partial charge on any atom is 0.228 e. The smallest absolute Gasteiger partial charge is 0.228 e. The lowest BCUT2D eigenvalue weighted by molar-refractivity contribution is -0.124. The number of fused-ring (bicyclic) bond motifs is 1. The number of benzene rings is 2. The number of para-hydroxylation sites is 1. The normalized spacial score (nSPS) is 18.8. The van der Waals surface area contributed by atoms with Crippen LogP contribution in [0.3, 0.4) is 0 Å². The van der Waals surface area contributed by atoms with Crippen molar-refractivity contribution in [1.29, 1.82) is 0 Å². The Kier molecular flexibility index (Phi) is 5.19. The Morgan fingerprint density at radius 3 is 2.62 bits per heavy atom. The van der Waals surface area contributed by atoms with E-state index in [0.717, 1.165) is 29.7 Å². The van der Waals surface area contributed by atoms with E-state index in [1.54, 1.807) is 0 Å². The van der Waals surface area contributed by atoms with E-state index in [0.29, 0.717) is 12.5 Å². The Balaban J connectivity index is 1.82. The number of hydrogen-bond donors (Lipinski definition) is 1. The van der Waals surface area contributed by atoms with Gasteiger partial charge in [-0.25, -0.2) is 0 Å². The second-order valence-corrected chi connectivity index (χ2v) is 6.51. The summed E-state index contributed by atoms with van der Waals surface area (Å²) in [5, 5.41) is 3.27. The topological polar surface area (TPSA) is 38.3 Å². The van der Waals surface area contributed by atoms with Crippen molar-refractivity contribution in [1.82, 2.24) is 5.32 Å². The highest BCUT2D eigenvalue weighted by Gasteiger charge is 2.29. The van der Waals surface area contributed by atoms with Gasteiger partial charge in [-0.1, -0.05) is 68.8 Å². The lowest BCUT2D eigenvalue weighted by Gasteiger charge is -2.30. The predicted molar refractivity (Wildman–Crippen MR) is 96.1 cm³/mol. The number of ether oxygens (including phenoxy) is 1. The summed E-state index contributed by atoms with van der Waals surface area (Å²) in [6, 6.07) is 18.1. The van der Waals surface area contributed by atoms with Gasteiger partial charge >= 0.3 is 0 Å². The van der Waals surface area contributed by atoms with Crippen molar-refractivity contribution >= 4 is 5.91 Å². The predicted octanol–water partition coefficient (Wildman–Crippen LogP) is 4.46. The van der Waals surface area contributed by atoms with Crippen LogP contribution in [0.15, 0.2) is 54.6 Å². The van der Waals surface area contributed by atoms with Gasteiger partial charge in [0, 0.05) is 12.0 Å². The molecule has 0 aromatic heterocycles. The fourth-order valence-corrected chi connectivity index (χ4v) is 3.39. The molecule has 3 heteroatoms. The molecule has 0 aliphatic carbocycles. The Labute approximate surface area is 144 Å². The van der Waals surface area contributed by atoms with E-state index in [2.05, 4.69) is 19.2 Å². The van der Waals surface area contributed by atoms with Gasteiger partial charge in [-0.2, -0.15) is 0 Å². The minimum atomic E-state index is -0.119. The average molecular weight is 323 g/mol. The van der Waals surface area contributed by atoms with Gasteiger partial charge in [-0.3, -0.25) is 4.79 Å². The highest BCUT2D eigenvalue weighted by atomic mass is 16.5. The summed E-state index contributed by atoms with van der Waals surface area (Å²) in [5.74, 6) is 1.17. The molecule has 126 valence electrons. The van der Waals surface area contributed by atoms with E-state index in [9.17, 15) is 4.79 Å². The lowest BCUT2D eigenvalue weighted by Crippen LogP contribution is -2.37. The zero-order valence-corrected chi connectivity index (χ0v) is 14.4. The van der Waals surface area contributed by atoms with Crippen molar-refractivity contribution in [3.05, 3.63) is 65.7 Å². The molecule has 1 amide bonds. The molecule has 0 fully saturated rings. The molecule has 1 heterocycles. The SMILES string of the molecule is CCC(C)C(C(=O)NC1CCOc2ccccc21)c1ccccc1. The molecule has 1 N–H and O–H groups in total. The minimum Gasteiger partial charge on any atom is -0.493 e. The molecule has 2 aromatic rings. The summed E-state index contributed by atoms with van der Waals surface area (Å²) in [6.07, 6.45) is 1.78. The van der Waals surface area contributed by atoms with Gasteiger partial charge in [-0.15, -0.1) is 0 Å². The lowest BCUT2D eigenvalue weighted by atomic mass is 9.84. The van der Waals surface area contributed by atoms with Gasteiger partial charge in [0.05, 0.1) is 18.6 Å². The average Bonchev–Trinajstić information content (AvgIpc) is 2.63. The summed E-state index contributed by atoms with van der Waals surface area (Å²) in [5.41, 5.74) is 2.16. The monoisotopic (exact) mass is 323 g/mol. The fourth-order valence-electron chi connectivity index (χ4n) is 3.39. The Bertz CT molecular complexity index is 683. The third-order valence-corrected chi connectivity index (χ3v) is 4.93. The van der Waals surface area contributed by atoms with Gasteiger partial charge in [0.25, 0.3) is 0 Å². The highest BCUT2D eigenvalue weighted by molar-refractivity contribution is 5.84. The molecule has 3 rings (SSSR count). The van der Waals surface area contributed by atoms with E-state index in [1.165, 1.54) is 0 Å². The molecule has 0 radical (unpaired) electrons.